The predicted molar refractivity (Wildman–Crippen MR) is 131 cm³/mol. The Morgan fingerprint density at radius 1 is 0.676 bits per heavy atom. The lowest BCUT2D eigenvalue weighted by atomic mass is 10.1. The van der Waals surface area contributed by atoms with Gasteiger partial charge in [-0.15, -0.1) is 0 Å². The van der Waals surface area contributed by atoms with Gasteiger partial charge in [0.25, 0.3) is 0 Å². The van der Waals surface area contributed by atoms with Crippen LogP contribution in [0.2, 0.25) is 0 Å². The van der Waals surface area contributed by atoms with E-state index in [1.807, 2.05) is 6.07 Å². The van der Waals surface area contributed by atoms with Gasteiger partial charge in [0.05, 0.1) is 15.5 Å². The number of anilines is 4. The zero-order valence-electron chi connectivity index (χ0n) is 18.3. The summed E-state index contributed by atoms with van der Waals surface area (Å²) in [5.74, 6) is 0.758. The van der Waals surface area contributed by atoms with E-state index in [4.69, 9.17) is 0 Å². The van der Waals surface area contributed by atoms with E-state index in [0.717, 1.165) is 12.5 Å². The minimum absolute atomic E-state index is 0.184. The average molecular weight is 496 g/mol. The molecule has 11 heteroatoms. The third-order valence-electron chi connectivity index (χ3n) is 4.78. The Morgan fingerprint density at radius 3 is 1.91 bits per heavy atom. The molecule has 0 aliphatic heterocycles. The first kappa shape index (κ1) is 23.3. The molecule has 2 aromatic heterocycles. The summed E-state index contributed by atoms with van der Waals surface area (Å²) < 4.78 is 47.4. The second-order valence-electron chi connectivity index (χ2n) is 7.52. The molecule has 0 saturated carbocycles. The van der Waals surface area contributed by atoms with Gasteiger partial charge in [0, 0.05) is 41.8 Å². The minimum atomic E-state index is -3.35. The summed E-state index contributed by atoms with van der Waals surface area (Å²) in [5, 5.41) is 6.18. The quantitative estimate of drug-likeness (QED) is 0.393. The number of hydrogen-bond acceptors (Lipinski definition) is 9. The SMILES string of the molecule is CS(=O)(=O)c1cccc(Nc2nccc(-c3cccnc3Nc3cccc(S(C)(=O)=O)c3)n2)c1. The van der Waals surface area contributed by atoms with Gasteiger partial charge in [-0.1, -0.05) is 12.1 Å². The highest BCUT2D eigenvalue weighted by Gasteiger charge is 2.13. The Hall–Kier alpha value is -3.83. The summed E-state index contributed by atoms with van der Waals surface area (Å²) in [5.41, 5.74) is 2.32. The first-order chi connectivity index (χ1) is 16.1. The maximum atomic E-state index is 11.9. The Kier molecular flexibility index (Phi) is 6.31. The van der Waals surface area contributed by atoms with Gasteiger partial charge in [-0.3, -0.25) is 0 Å². The van der Waals surface area contributed by atoms with Crippen LogP contribution in [0.15, 0.2) is 88.9 Å². The number of nitrogens with zero attached hydrogens (tertiary/aromatic N) is 3. The van der Waals surface area contributed by atoms with Crippen molar-refractivity contribution in [2.24, 2.45) is 0 Å². The molecule has 34 heavy (non-hydrogen) atoms. The maximum Gasteiger partial charge on any atom is 0.227 e. The van der Waals surface area contributed by atoms with Gasteiger partial charge in [-0.2, -0.15) is 0 Å². The highest BCUT2D eigenvalue weighted by atomic mass is 32.2. The molecule has 4 aromatic rings. The number of benzene rings is 2. The molecule has 0 aliphatic carbocycles. The Morgan fingerprint density at radius 2 is 1.29 bits per heavy atom. The van der Waals surface area contributed by atoms with Crippen LogP contribution in [-0.2, 0) is 19.7 Å². The van der Waals surface area contributed by atoms with Gasteiger partial charge >= 0.3 is 0 Å². The van der Waals surface area contributed by atoms with E-state index in [9.17, 15) is 16.8 Å². The van der Waals surface area contributed by atoms with Gasteiger partial charge in [0.2, 0.25) is 5.95 Å². The van der Waals surface area contributed by atoms with Crippen LogP contribution in [0.3, 0.4) is 0 Å². The molecule has 174 valence electrons. The third-order valence-corrected chi connectivity index (χ3v) is 7.00. The van der Waals surface area contributed by atoms with E-state index >= 15 is 0 Å². The van der Waals surface area contributed by atoms with Gasteiger partial charge in [-0.25, -0.2) is 31.8 Å². The van der Waals surface area contributed by atoms with Crippen LogP contribution in [0.5, 0.6) is 0 Å². The van der Waals surface area contributed by atoms with Gasteiger partial charge in [-0.05, 0) is 54.6 Å². The Balaban J connectivity index is 1.64. The van der Waals surface area contributed by atoms with E-state index in [1.165, 1.54) is 24.3 Å². The molecule has 0 aliphatic rings. The van der Waals surface area contributed by atoms with Crippen LogP contribution in [0.1, 0.15) is 0 Å². The smallest absolute Gasteiger partial charge is 0.227 e. The van der Waals surface area contributed by atoms with Crippen LogP contribution in [0.4, 0.5) is 23.1 Å². The largest absolute Gasteiger partial charge is 0.340 e. The van der Waals surface area contributed by atoms with Crippen molar-refractivity contribution in [1.82, 2.24) is 15.0 Å². The second-order valence-corrected chi connectivity index (χ2v) is 11.5. The highest BCUT2D eigenvalue weighted by Crippen LogP contribution is 2.29. The number of nitrogens with one attached hydrogen (secondary N) is 2. The number of hydrogen-bond donors (Lipinski definition) is 2. The maximum absolute atomic E-state index is 11.9. The summed E-state index contributed by atoms with van der Waals surface area (Å²) in [6.45, 7) is 0. The zero-order chi connectivity index (χ0) is 24.3. The van der Waals surface area contributed by atoms with E-state index < -0.39 is 19.7 Å². The first-order valence-electron chi connectivity index (χ1n) is 10.0. The molecule has 0 fully saturated rings. The van der Waals surface area contributed by atoms with E-state index in [1.54, 1.807) is 48.8 Å². The Labute approximate surface area is 197 Å². The molecule has 9 nitrogen and oxygen atoms in total. The molecule has 0 unspecified atom stereocenters. The van der Waals surface area contributed by atoms with E-state index in [0.29, 0.717) is 28.5 Å². The normalized spacial score (nSPS) is 11.7. The van der Waals surface area contributed by atoms with Crippen LogP contribution >= 0.6 is 0 Å². The topological polar surface area (TPSA) is 131 Å². The van der Waals surface area contributed by atoms with Crippen molar-refractivity contribution in [3.05, 3.63) is 79.1 Å². The number of sulfone groups is 2. The monoisotopic (exact) mass is 495 g/mol. The zero-order valence-corrected chi connectivity index (χ0v) is 19.9. The van der Waals surface area contributed by atoms with Crippen molar-refractivity contribution in [3.8, 4) is 11.3 Å². The molecule has 0 saturated heterocycles. The van der Waals surface area contributed by atoms with Crippen molar-refractivity contribution in [3.63, 3.8) is 0 Å². The molecule has 0 bridgehead atoms. The van der Waals surface area contributed by atoms with E-state index in [2.05, 4.69) is 25.6 Å². The fourth-order valence-corrected chi connectivity index (χ4v) is 4.49. The standard InChI is InChI=1S/C23H21N5O4S2/c1-33(29,30)18-8-3-6-16(14-18)26-22-20(10-5-12-24-22)21-11-13-25-23(28-21)27-17-7-4-9-19(15-17)34(2,31)32/h3-15H,1-2H3,(H,24,26)(H,25,27,28). The molecular weight excluding hydrogens is 474 g/mol. The molecule has 2 heterocycles. The molecule has 4 rings (SSSR count). The third kappa shape index (κ3) is 5.56. The summed E-state index contributed by atoms with van der Waals surface area (Å²) in [6.07, 6.45) is 5.49. The molecule has 0 amide bonds. The van der Waals surface area contributed by atoms with Crippen molar-refractivity contribution >= 4 is 42.8 Å². The van der Waals surface area contributed by atoms with Crippen molar-refractivity contribution < 1.29 is 16.8 Å². The van der Waals surface area contributed by atoms with Crippen LogP contribution in [-0.4, -0.2) is 44.3 Å². The van der Waals surface area contributed by atoms with Crippen molar-refractivity contribution in [1.29, 1.82) is 0 Å². The molecular formula is C23H21N5O4S2. The molecule has 0 spiro atoms. The first-order valence-corrected chi connectivity index (χ1v) is 13.8. The van der Waals surface area contributed by atoms with Crippen LogP contribution < -0.4 is 10.6 Å². The molecule has 2 N–H and O–H groups in total. The summed E-state index contributed by atoms with van der Waals surface area (Å²) >= 11 is 0. The second kappa shape index (κ2) is 9.20. The van der Waals surface area contributed by atoms with Gasteiger partial charge < -0.3 is 10.6 Å². The fourth-order valence-electron chi connectivity index (χ4n) is 3.16. The van der Waals surface area contributed by atoms with Crippen LogP contribution in [0, 0.1) is 0 Å². The fraction of sp³-hybridized carbons (Fsp3) is 0.0870. The molecule has 2 aromatic carbocycles. The summed E-state index contributed by atoms with van der Waals surface area (Å²) in [4.78, 5) is 13.5. The number of rotatable bonds is 7. The summed E-state index contributed by atoms with van der Waals surface area (Å²) in [6, 6.07) is 18.1. The number of pyridine rings is 1. The molecule has 0 atom stereocenters. The predicted octanol–water partition coefficient (Wildman–Crippen LogP) is 3.83. The molecule has 0 radical (unpaired) electrons. The Bertz CT molecular complexity index is 1570. The van der Waals surface area contributed by atoms with Gasteiger partial charge in [0.15, 0.2) is 19.7 Å². The number of aromatic nitrogens is 3. The van der Waals surface area contributed by atoms with Gasteiger partial charge in [0.1, 0.15) is 5.82 Å². The highest BCUT2D eigenvalue weighted by molar-refractivity contribution is 7.91. The van der Waals surface area contributed by atoms with Crippen LogP contribution in [0.25, 0.3) is 11.3 Å². The average Bonchev–Trinajstić information content (AvgIpc) is 2.79. The lowest BCUT2D eigenvalue weighted by Gasteiger charge is -2.12. The van der Waals surface area contributed by atoms with Crippen molar-refractivity contribution in [2.75, 3.05) is 23.1 Å². The lowest BCUT2D eigenvalue weighted by Crippen LogP contribution is -2.02. The summed E-state index contributed by atoms with van der Waals surface area (Å²) in [7, 11) is -6.71. The van der Waals surface area contributed by atoms with Crippen molar-refractivity contribution in [2.45, 2.75) is 9.79 Å². The lowest BCUT2D eigenvalue weighted by molar-refractivity contribution is 0.600. The van der Waals surface area contributed by atoms with E-state index in [-0.39, 0.29) is 15.7 Å². The minimum Gasteiger partial charge on any atom is -0.340 e.